The minimum absolute atomic E-state index is 0.0745. The van der Waals surface area contributed by atoms with Crippen molar-refractivity contribution in [3.63, 3.8) is 0 Å². The van der Waals surface area contributed by atoms with E-state index in [1.807, 2.05) is 21.1 Å². The Hall–Kier alpha value is -0.760. The number of carbonyl (C=O) groups is 1. The number of unbranched alkanes of at least 4 members (excludes halogenated alkanes) is 21. The molecule has 0 aromatic carbocycles. The fourth-order valence-corrected chi connectivity index (χ4v) is 6.48. The summed E-state index contributed by atoms with van der Waals surface area (Å²) < 4.78 is 23.5. The molecule has 1 unspecified atom stereocenters. The van der Waals surface area contributed by atoms with Gasteiger partial charge in [0.25, 0.3) is 0 Å². The van der Waals surface area contributed by atoms with Gasteiger partial charge < -0.3 is 19.8 Å². The first-order valence-corrected chi connectivity index (χ1v) is 21.5. The van der Waals surface area contributed by atoms with Gasteiger partial charge in [0, 0.05) is 6.42 Å². The molecular weight excluding hydrogens is 623 g/mol. The highest BCUT2D eigenvalue weighted by Gasteiger charge is 2.28. The maximum absolute atomic E-state index is 12.8. The predicted molar refractivity (Wildman–Crippen MR) is 203 cm³/mol. The van der Waals surface area contributed by atoms with Crippen LogP contribution >= 0.6 is 7.82 Å². The lowest BCUT2D eigenvalue weighted by atomic mass is 10.0. The molecule has 1 amide bonds. The van der Waals surface area contributed by atoms with Crippen LogP contribution in [0.4, 0.5) is 0 Å². The molecule has 0 rings (SSSR count). The molecule has 0 heterocycles. The average Bonchev–Trinajstić information content (AvgIpc) is 3.02. The fraction of sp³-hybridized carbons (Fsp3) is 0.923. The van der Waals surface area contributed by atoms with Crippen LogP contribution in [0.2, 0.25) is 0 Å². The number of nitrogens with zero attached hydrogens (tertiary/aromatic N) is 1. The van der Waals surface area contributed by atoms with Crippen LogP contribution in [-0.4, -0.2) is 73.4 Å². The van der Waals surface area contributed by atoms with Crippen LogP contribution in [0.3, 0.4) is 0 Å². The summed E-state index contributed by atoms with van der Waals surface area (Å²) >= 11 is 0. The Balaban J connectivity index is 4.45. The number of carbonyl (C=O) groups excluding carboxylic acids is 1. The number of aliphatic hydroxyl groups is 1. The molecule has 9 heteroatoms. The molecule has 3 atom stereocenters. The summed E-state index contributed by atoms with van der Waals surface area (Å²) in [5.41, 5.74) is 0. The Bertz CT molecular complexity index is 804. The van der Waals surface area contributed by atoms with E-state index in [1.165, 1.54) is 103 Å². The minimum Gasteiger partial charge on any atom is -0.391 e. The smallest absolute Gasteiger partial charge is 0.391 e. The van der Waals surface area contributed by atoms with Gasteiger partial charge in [-0.05, 0) is 38.5 Å². The van der Waals surface area contributed by atoms with E-state index >= 15 is 0 Å². The van der Waals surface area contributed by atoms with E-state index in [2.05, 4.69) is 31.3 Å². The van der Waals surface area contributed by atoms with Crippen LogP contribution in [0.25, 0.3) is 0 Å². The van der Waals surface area contributed by atoms with Crippen LogP contribution in [0.1, 0.15) is 181 Å². The molecule has 0 bridgehead atoms. The summed E-state index contributed by atoms with van der Waals surface area (Å²) in [4.78, 5) is 23.0. The quantitative estimate of drug-likeness (QED) is 0.0260. The third-order valence-electron chi connectivity index (χ3n) is 9.01. The number of hydrogen-bond acceptors (Lipinski definition) is 5. The predicted octanol–water partition coefficient (Wildman–Crippen LogP) is 10.4. The van der Waals surface area contributed by atoms with Gasteiger partial charge in [0.15, 0.2) is 0 Å². The molecule has 0 aliphatic heterocycles. The number of hydrogen-bond donors (Lipinski definition) is 3. The molecule has 0 saturated carbocycles. The Kier molecular flexibility index (Phi) is 31.7. The number of aliphatic hydroxyl groups excluding tert-OH is 1. The molecule has 0 aliphatic carbocycles. The molecule has 286 valence electrons. The van der Waals surface area contributed by atoms with Gasteiger partial charge >= 0.3 is 7.82 Å². The summed E-state index contributed by atoms with van der Waals surface area (Å²) in [6.07, 6.45) is 33.7. The largest absolute Gasteiger partial charge is 0.472 e. The summed E-state index contributed by atoms with van der Waals surface area (Å²) in [6.45, 7) is 4.85. The van der Waals surface area contributed by atoms with Crippen molar-refractivity contribution in [1.82, 2.24) is 5.32 Å². The van der Waals surface area contributed by atoms with Crippen molar-refractivity contribution in [3.8, 4) is 0 Å². The second-order valence-corrected chi connectivity index (χ2v) is 16.5. The Morgan fingerprint density at radius 2 is 1.12 bits per heavy atom. The number of rotatable bonds is 36. The third-order valence-corrected chi connectivity index (χ3v) is 10.00. The molecule has 8 nitrogen and oxygen atoms in total. The number of phosphoric ester groups is 1. The van der Waals surface area contributed by atoms with E-state index < -0.39 is 20.0 Å². The van der Waals surface area contributed by atoms with E-state index in [9.17, 15) is 19.4 Å². The van der Waals surface area contributed by atoms with Gasteiger partial charge in [0.1, 0.15) is 13.2 Å². The first-order chi connectivity index (χ1) is 23.0. The van der Waals surface area contributed by atoms with E-state index in [1.54, 1.807) is 0 Å². The van der Waals surface area contributed by atoms with Gasteiger partial charge in [-0.1, -0.05) is 148 Å². The maximum atomic E-state index is 12.8. The number of allylic oxidation sites excluding steroid dienone is 2. The maximum Gasteiger partial charge on any atom is 0.472 e. The zero-order valence-corrected chi connectivity index (χ0v) is 33.1. The molecule has 48 heavy (non-hydrogen) atoms. The van der Waals surface area contributed by atoms with Crippen molar-refractivity contribution >= 4 is 13.7 Å². The molecule has 0 saturated heterocycles. The first-order valence-electron chi connectivity index (χ1n) is 20.1. The molecule has 0 spiro atoms. The van der Waals surface area contributed by atoms with Crippen LogP contribution in [0, 0.1) is 0 Å². The highest BCUT2D eigenvalue weighted by atomic mass is 31.2. The standard InChI is InChI=1S/C39H79N2O6P/c1-6-8-10-12-14-16-18-20-21-23-25-27-29-31-33-39(43)40-37(36-47-48(44,45)46-35-34-41(3,4)5)38(42)32-30-28-26-24-22-19-17-15-13-11-9-7-2/h18,20,37-38,42H,6-17,19,21-36H2,1-5H3,(H-,40,43,44,45)/p+1/b20-18+/t37-,38+/m0/s1. The summed E-state index contributed by atoms with van der Waals surface area (Å²) in [5, 5.41) is 13.9. The highest BCUT2D eigenvalue weighted by molar-refractivity contribution is 7.47. The molecule has 0 aliphatic rings. The second kappa shape index (κ2) is 32.2. The average molecular weight is 704 g/mol. The van der Waals surface area contributed by atoms with Crippen LogP contribution in [-0.2, 0) is 18.4 Å². The lowest BCUT2D eigenvalue weighted by molar-refractivity contribution is -0.870. The van der Waals surface area contributed by atoms with Gasteiger partial charge in [-0.15, -0.1) is 0 Å². The van der Waals surface area contributed by atoms with Gasteiger partial charge in [-0.3, -0.25) is 13.8 Å². The lowest BCUT2D eigenvalue weighted by Gasteiger charge is -2.26. The summed E-state index contributed by atoms with van der Waals surface area (Å²) in [6, 6.07) is -0.758. The normalized spacial score (nSPS) is 14.7. The number of nitrogens with one attached hydrogen (secondary N) is 1. The molecule has 0 aromatic rings. The summed E-state index contributed by atoms with van der Waals surface area (Å²) in [5.74, 6) is -0.155. The van der Waals surface area contributed by atoms with E-state index in [0.717, 1.165) is 51.4 Å². The Labute approximate surface area is 297 Å². The van der Waals surface area contributed by atoms with Gasteiger partial charge in [0.2, 0.25) is 5.91 Å². The van der Waals surface area contributed by atoms with Crippen molar-refractivity contribution in [3.05, 3.63) is 12.2 Å². The van der Waals surface area contributed by atoms with Gasteiger partial charge in [-0.2, -0.15) is 0 Å². The number of amides is 1. The van der Waals surface area contributed by atoms with Crippen molar-refractivity contribution < 1.29 is 32.9 Å². The Morgan fingerprint density at radius 3 is 1.60 bits per heavy atom. The van der Waals surface area contributed by atoms with Gasteiger partial charge in [0.05, 0.1) is 39.9 Å². The third kappa shape index (κ3) is 33.7. The van der Waals surface area contributed by atoms with Crippen molar-refractivity contribution in [2.24, 2.45) is 0 Å². The number of likely N-dealkylation sites (N-methyl/N-ethyl adjacent to an activating group) is 1. The zero-order chi connectivity index (χ0) is 35.8. The number of phosphoric acid groups is 1. The summed E-state index contributed by atoms with van der Waals surface area (Å²) in [7, 11) is 1.61. The SMILES string of the molecule is CCCCCCC/C=C/CCCCCCCC(=O)N[C@@H](COP(=O)(O)OCC[N+](C)(C)C)[C@H](O)CCCCCCCCCCCCCC. The first kappa shape index (κ1) is 47.2. The highest BCUT2D eigenvalue weighted by Crippen LogP contribution is 2.43. The monoisotopic (exact) mass is 704 g/mol. The van der Waals surface area contributed by atoms with Crippen LogP contribution in [0.15, 0.2) is 12.2 Å². The Morgan fingerprint density at radius 1 is 0.688 bits per heavy atom. The fourth-order valence-electron chi connectivity index (χ4n) is 5.74. The second-order valence-electron chi connectivity index (χ2n) is 15.0. The van der Waals surface area contributed by atoms with E-state index in [4.69, 9.17) is 9.05 Å². The minimum atomic E-state index is -4.30. The molecular formula is C39H80N2O6P+. The van der Waals surface area contributed by atoms with Crippen molar-refractivity contribution in [2.45, 2.75) is 193 Å². The number of quaternary nitrogens is 1. The molecule has 0 radical (unpaired) electrons. The van der Waals surface area contributed by atoms with Gasteiger partial charge in [-0.25, -0.2) is 4.57 Å². The lowest BCUT2D eigenvalue weighted by Crippen LogP contribution is -2.46. The molecule has 3 N–H and O–H groups in total. The van der Waals surface area contributed by atoms with E-state index in [-0.39, 0.29) is 19.1 Å². The zero-order valence-electron chi connectivity index (χ0n) is 32.2. The molecule has 0 aromatic heterocycles. The van der Waals surface area contributed by atoms with Crippen LogP contribution in [0.5, 0.6) is 0 Å². The van der Waals surface area contributed by atoms with Crippen LogP contribution < -0.4 is 5.32 Å². The van der Waals surface area contributed by atoms with Crippen molar-refractivity contribution in [2.75, 3.05) is 40.9 Å². The topological polar surface area (TPSA) is 105 Å². The molecule has 0 fully saturated rings. The van der Waals surface area contributed by atoms with Crippen molar-refractivity contribution in [1.29, 1.82) is 0 Å². The van der Waals surface area contributed by atoms with E-state index in [0.29, 0.717) is 23.9 Å².